The number of benzene rings is 3. The van der Waals surface area contributed by atoms with Gasteiger partial charge in [0, 0.05) is 42.1 Å². The molecule has 0 aliphatic carbocycles. The third kappa shape index (κ3) is 2.60. The lowest BCUT2D eigenvalue weighted by atomic mass is 9.87. The van der Waals surface area contributed by atoms with E-state index in [4.69, 9.17) is 18.9 Å². The van der Waals surface area contributed by atoms with E-state index < -0.39 is 0 Å². The highest BCUT2D eigenvalue weighted by atomic mass is 16.7. The Labute approximate surface area is 174 Å². The molecular weight excluding hydrogens is 382 g/mol. The third-order valence-electron chi connectivity index (χ3n) is 5.86. The van der Waals surface area contributed by atoms with Crippen LogP contribution in [-0.2, 0) is 17.8 Å². The van der Waals surface area contributed by atoms with Gasteiger partial charge in [0.15, 0.2) is 23.0 Å². The van der Waals surface area contributed by atoms with Gasteiger partial charge in [-0.2, -0.15) is 0 Å². The van der Waals surface area contributed by atoms with Crippen LogP contribution in [0.2, 0.25) is 0 Å². The summed E-state index contributed by atoms with van der Waals surface area (Å²) < 4.78 is 22.6. The molecule has 0 saturated heterocycles. The van der Waals surface area contributed by atoms with Crippen LogP contribution >= 0.6 is 0 Å². The molecule has 0 unspecified atom stereocenters. The number of nitrogens with zero attached hydrogens (tertiary/aromatic N) is 1. The number of fused-ring (bicyclic) bond motifs is 6. The zero-order chi connectivity index (χ0) is 21.0. The van der Waals surface area contributed by atoms with Crippen LogP contribution in [0.15, 0.2) is 30.3 Å². The normalized spacial score (nSPS) is 13.8. The molecule has 3 aromatic carbocycles. The molecule has 0 amide bonds. The van der Waals surface area contributed by atoms with Crippen molar-refractivity contribution in [3.63, 3.8) is 0 Å². The lowest BCUT2D eigenvalue weighted by molar-refractivity contribution is -0.116. The molecule has 0 atom stereocenters. The Morgan fingerprint density at radius 1 is 1.10 bits per heavy atom. The van der Waals surface area contributed by atoms with Crippen molar-refractivity contribution in [1.29, 1.82) is 0 Å². The highest BCUT2D eigenvalue weighted by Gasteiger charge is 2.30. The maximum Gasteiger partial charge on any atom is 0.231 e. The predicted octanol–water partition coefficient (Wildman–Crippen LogP) is 4.33. The van der Waals surface area contributed by atoms with E-state index in [0.29, 0.717) is 24.5 Å². The minimum atomic E-state index is 0.0862. The van der Waals surface area contributed by atoms with Crippen molar-refractivity contribution in [3.8, 4) is 34.1 Å². The van der Waals surface area contributed by atoms with Gasteiger partial charge < -0.3 is 23.8 Å². The Morgan fingerprint density at radius 3 is 2.63 bits per heavy atom. The Morgan fingerprint density at radius 2 is 1.90 bits per heavy atom. The van der Waals surface area contributed by atoms with E-state index in [2.05, 4.69) is 30.1 Å². The summed E-state index contributed by atoms with van der Waals surface area (Å²) in [7, 11) is 5.37. The fourth-order valence-electron chi connectivity index (χ4n) is 4.68. The molecular formula is C24H23NO5. The lowest BCUT2D eigenvalue weighted by Crippen LogP contribution is -2.23. The number of carbonyl (C=O) groups excluding carboxylic acids is 1. The number of ether oxygens (including phenoxy) is 4. The fraction of sp³-hybridized carbons (Fsp3) is 0.292. The van der Waals surface area contributed by atoms with Gasteiger partial charge in [-0.05, 0) is 36.1 Å². The molecule has 0 N–H and O–H groups in total. The second-order valence-corrected chi connectivity index (χ2v) is 7.71. The maximum absolute atomic E-state index is 12.1. The first-order valence-electron chi connectivity index (χ1n) is 9.86. The summed E-state index contributed by atoms with van der Waals surface area (Å²) in [5.74, 6) is 2.93. The van der Waals surface area contributed by atoms with Crippen LogP contribution in [0.5, 0.6) is 23.0 Å². The molecule has 6 nitrogen and oxygen atoms in total. The molecule has 0 bridgehead atoms. The van der Waals surface area contributed by atoms with E-state index in [1.54, 1.807) is 21.1 Å². The third-order valence-corrected chi connectivity index (χ3v) is 5.86. The van der Waals surface area contributed by atoms with Gasteiger partial charge in [-0.1, -0.05) is 12.1 Å². The smallest absolute Gasteiger partial charge is 0.231 e. The van der Waals surface area contributed by atoms with Gasteiger partial charge in [0.25, 0.3) is 0 Å². The van der Waals surface area contributed by atoms with Crippen LogP contribution in [0.4, 0.5) is 5.69 Å². The number of hydrogen-bond acceptors (Lipinski definition) is 6. The number of rotatable bonds is 4. The Balaban J connectivity index is 1.85. The highest BCUT2D eigenvalue weighted by Crippen LogP contribution is 2.51. The first kappa shape index (κ1) is 18.6. The lowest BCUT2D eigenvalue weighted by Gasteiger charge is -2.33. The summed E-state index contributed by atoms with van der Waals surface area (Å²) in [5, 5.41) is 2.07. The summed E-state index contributed by atoms with van der Waals surface area (Å²) in [6.07, 6.45) is 0.298. The van der Waals surface area contributed by atoms with Gasteiger partial charge in [0.05, 0.1) is 19.9 Å². The van der Waals surface area contributed by atoms with Crippen molar-refractivity contribution >= 4 is 22.2 Å². The van der Waals surface area contributed by atoms with Crippen LogP contribution in [0.25, 0.3) is 21.9 Å². The summed E-state index contributed by atoms with van der Waals surface area (Å²) in [6.45, 7) is 2.44. The highest BCUT2D eigenvalue weighted by molar-refractivity contribution is 6.08. The fourth-order valence-corrected chi connectivity index (χ4v) is 4.68. The molecule has 30 heavy (non-hydrogen) atoms. The van der Waals surface area contributed by atoms with Gasteiger partial charge in [0.1, 0.15) is 5.78 Å². The maximum atomic E-state index is 12.1. The monoisotopic (exact) mass is 405 g/mol. The zero-order valence-electron chi connectivity index (χ0n) is 17.5. The Bertz CT molecular complexity index is 1200. The summed E-state index contributed by atoms with van der Waals surface area (Å²) >= 11 is 0. The molecule has 2 heterocycles. The number of carbonyl (C=O) groups is 1. The summed E-state index contributed by atoms with van der Waals surface area (Å²) in [6, 6.07) is 10.2. The van der Waals surface area contributed by atoms with Crippen molar-refractivity contribution < 1.29 is 23.7 Å². The number of anilines is 1. The molecule has 3 aromatic rings. The van der Waals surface area contributed by atoms with Crippen LogP contribution in [0.3, 0.4) is 0 Å². The van der Waals surface area contributed by atoms with Crippen molar-refractivity contribution in [2.45, 2.75) is 19.9 Å². The molecule has 0 saturated carbocycles. The zero-order valence-corrected chi connectivity index (χ0v) is 17.5. The number of methoxy groups -OCH3 is 2. The quantitative estimate of drug-likeness (QED) is 0.644. The van der Waals surface area contributed by atoms with Crippen molar-refractivity contribution in [2.24, 2.45) is 0 Å². The molecule has 2 aliphatic heterocycles. The molecule has 0 aromatic heterocycles. The molecule has 6 heteroatoms. The molecule has 0 spiro atoms. The van der Waals surface area contributed by atoms with Crippen molar-refractivity contribution in [1.82, 2.24) is 0 Å². The van der Waals surface area contributed by atoms with Gasteiger partial charge in [-0.15, -0.1) is 0 Å². The average Bonchev–Trinajstić information content (AvgIpc) is 3.20. The average molecular weight is 405 g/mol. The Hall–Kier alpha value is -3.41. The minimum absolute atomic E-state index is 0.0862. The van der Waals surface area contributed by atoms with Crippen LogP contribution in [0.1, 0.15) is 18.1 Å². The molecule has 0 fully saturated rings. The van der Waals surface area contributed by atoms with E-state index >= 15 is 0 Å². The predicted molar refractivity (Wildman–Crippen MR) is 115 cm³/mol. The second-order valence-electron chi connectivity index (χ2n) is 7.71. The topological polar surface area (TPSA) is 57.2 Å². The summed E-state index contributed by atoms with van der Waals surface area (Å²) in [5.41, 5.74) is 5.26. The first-order valence-corrected chi connectivity index (χ1v) is 9.86. The summed E-state index contributed by atoms with van der Waals surface area (Å²) in [4.78, 5) is 14.3. The van der Waals surface area contributed by atoms with E-state index in [1.165, 1.54) is 0 Å². The van der Waals surface area contributed by atoms with Crippen molar-refractivity contribution in [2.75, 3.05) is 33.0 Å². The molecule has 154 valence electrons. The first-order chi connectivity index (χ1) is 14.5. The van der Waals surface area contributed by atoms with Gasteiger partial charge in [-0.25, -0.2) is 0 Å². The van der Waals surface area contributed by atoms with E-state index in [1.807, 2.05) is 12.1 Å². The van der Waals surface area contributed by atoms with Gasteiger partial charge >= 0.3 is 0 Å². The SMILES string of the molecule is COc1ccc2c(c1OC)CN(C)c1c-2ccc2cc3c(c(CC(C)=O)c12)OCO3. The van der Waals surface area contributed by atoms with Crippen molar-refractivity contribution in [3.05, 3.63) is 41.5 Å². The second kappa shape index (κ2) is 6.83. The van der Waals surface area contributed by atoms with Crippen LogP contribution in [0, 0.1) is 0 Å². The van der Waals surface area contributed by atoms with E-state index in [-0.39, 0.29) is 12.6 Å². The van der Waals surface area contributed by atoms with Gasteiger partial charge in [0.2, 0.25) is 6.79 Å². The largest absolute Gasteiger partial charge is 0.493 e. The number of Topliss-reactive ketones (excluding diaryl/α,β-unsaturated/α-hetero) is 1. The number of ketones is 1. The standard InChI is InChI=1S/C24H23NO5/c1-13(26)9-17-21-14(10-20-24(17)30-12-29-20)5-6-16-15-7-8-19(27-3)23(28-4)18(15)11-25(2)22(16)21/h5-8,10H,9,11-12H2,1-4H3. The minimum Gasteiger partial charge on any atom is -0.493 e. The number of hydrogen-bond donors (Lipinski definition) is 0. The molecule has 2 aliphatic rings. The molecule has 0 radical (unpaired) electrons. The van der Waals surface area contributed by atoms with Crippen LogP contribution < -0.4 is 23.8 Å². The van der Waals surface area contributed by atoms with Crippen LogP contribution in [-0.4, -0.2) is 33.8 Å². The molecule has 5 rings (SSSR count). The van der Waals surface area contributed by atoms with E-state index in [0.717, 1.165) is 50.2 Å². The van der Waals surface area contributed by atoms with Gasteiger partial charge in [-0.3, -0.25) is 4.79 Å². The Kier molecular flexibility index (Phi) is 4.24. The van der Waals surface area contributed by atoms with E-state index in [9.17, 15) is 4.79 Å².